The molecular weight excluding hydrogens is 172 g/mol. The van der Waals surface area contributed by atoms with Gasteiger partial charge in [-0.05, 0) is 30.9 Å². The van der Waals surface area contributed by atoms with Crippen LogP contribution in [0.4, 0.5) is 5.69 Å². The predicted octanol–water partition coefficient (Wildman–Crippen LogP) is 2.48. The van der Waals surface area contributed by atoms with Crippen molar-refractivity contribution in [2.45, 2.75) is 19.3 Å². The fraction of sp³-hybridized carbons (Fsp3) is 0.444. The van der Waals surface area contributed by atoms with Crippen molar-refractivity contribution in [3.63, 3.8) is 0 Å². The number of fused-ring (bicyclic) bond motifs is 1. The Balaban J connectivity index is 2.42. The molecule has 0 unspecified atom stereocenters. The molecule has 0 aliphatic carbocycles. The molecule has 2 heterocycles. The van der Waals surface area contributed by atoms with Gasteiger partial charge in [0.1, 0.15) is 0 Å². The highest BCUT2D eigenvalue weighted by Gasteiger charge is 2.09. The molecule has 1 N–H and O–H groups in total. The van der Waals surface area contributed by atoms with E-state index in [1.54, 1.807) is 6.20 Å². The minimum Gasteiger partial charge on any atom is -0.382 e. The zero-order valence-corrected chi connectivity index (χ0v) is 7.56. The summed E-state index contributed by atoms with van der Waals surface area (Å²) < 4.78 is 0. The van der Waals surface area contributed by atoms with Crippen LogP contribution in [-0.4, -0.2) is 11.5 Å². The monoisotopic (exact) mass is 182 g/mol. The van der Waals surface area contributed by atoms with E-state index < -0.39 is 0 Å². The predicted molar refractivity (Wildman–Crippen MR) is 50.7 cm³/mol. The number of pyridine rings is 1. The quantitative estimate of drug-likeness (QED) is 0.624. The summed E-state index contributed by atoms with van der Waals surface area (Å²) in [6, 6.07) is 2.04. The number of aryl methyl sites for hydroxylation is 1. The smallest absolute Gasteiger partial charge is 0.152 e. The minimum absolute atomic E-state index is 0.606. The summed E-state index contributed by atoms with van der Waals surface area (Å²) in [7, 11) is 0. The number of aromatic nitrogens is 1. The number of nitrogens with zero attached hydrogens (tertiary/aromatic N) is 1. The van der Waals surface area contributed by atoms with Crippen LogP contribution in [0.2, 0.25) is 5.15 Å². The molecule has 0 aromatic carbocycles. The van der Waals surface area contributed by atoms with Crippen LogP contribution in [0, 0.1) is 0 Å². The fourth-order valence-electron chi connectivity index (χ4n) is 1.52. The lowest BCUT2D eigenvalue weighted by Gasteiger charge is -2.07. The summed E-state index contributed by atoms with van der Waals surface area (Å²) in [6.07, 6.45) is 5.34. The summed E-state index contributed by atoms with van der Waals surface area (Å²) in [6.45, 7) is 1.01. The van der Waals surface area contributed by atoms with Gasteiger partial charge in [-0.15, -0.1) is 0 Å². The van der Waals surface area contributed by atoms with Crippen LogP contribution in [0.5, 0.6) is 0 Å². The van der Waals surface area contributed by atoms with Gasteiger partial charge in [0.25, 0.3) is 0 Å². The van der Waals surface area contributed by atoms with Crippen LogP contribution in [0.3, 0.4) is 0 Å². The summed E-state index contributed by atoms with van der Waals surface area (Å²) in [5.74, 6) is 0. The zero-order valence-electron chi connectivity index (χ0n) is 6.81. The van der Waals surface area contributed by atoms with Gasteiger partial charge in [0, 0.05) is 12.7 Å². The summed E-state index contributed by atoms with van der Waals surface area (Å²) >= 11 is 5.94. The number of anilines is 1. The van der Waals surface area contributed by atoms with E-state index in [0.717, 1.165) is 18.7 Å². The molecular formula is C9H11ClN2. The molecule has 0 fully saturated rings. The van der Waals surface area contributed by atoms with Gasteiger partial charge in [0.15, 0.2) is 5.15 Å². The van der Waals surface area contributed by atoms with Gasteiger partial charge in [0.2, 0.25) is 0 Å². The number of hydrogen-bond acceptors (Lipinski definition) is 2. The van der Waals surface area contributed by atoms with Gasteiger partial charge < -0.3 is 5.32 Å². The third-order valence-electron chi connectivity index (χ3n) is 2.17. The molecule has 1 aromatic heterocycles. The first-order valence-electron chi connectivity index (χ1n) is 4.25. The third kappa shape index (κ3) is 1.39. The van der Waals surface area contributed by atoms with Gasteiger partial charge in [-0.1, -0.05) is 11.6 Å². The average Bonchev–Trinajstić information content (AvgIpc) is 2.30. The Morgan fingerprint density at radius 1 is 1.42 bits per heavy atom. The summed E-state index contributed by atoms with van der Waals surface area (Å²) in [5.41, 5.74) is 2.34. The first kappa shape index (κ1) is 7.87. The highest BCUT2D eigenvalue weighted by Crippen LogP contribution is 2.26. The molecule has 0 atom stereocenters. The lowest BCUT2D eigenvalue weighted by molar-refractivity contribution is 0.785. The van der Waals surface area contributed by atoms with Crippen LogP contribution < -0.4 is 5.32 Å². The normalized spacial score (nSPS) is 16.1. The van der Waals surface area contributed by atoms with Gasteiger partial charge in [-0.25, -0.2) is 4.98 Å². The topological polar surface area (TPSA) is 24.9 Å². The Bertz CT molecular complexity index is 286. The Morgan fingerprint density at radius 3 is 3.25 bits per heavy atom. The van der Waals surface area contributed by atoms with Crippen LogP contribution in [0.1, 0.15) is 18.4 Å². The van der Waals surface area contributed by atoms with E-state index in [1.165, 1.54) is 18.4 Å². The first-order chi connectivity index (χ1) is 5.88. The second-order valence-electron chi connectivity index (χ2n) is 3.02. The molecule has 2 nitrogen and oxygen atoms in total. The van der Waals surface area contributed by atoms with Crippen molar-refractivity contribution in [3.05, 3.63) is 23.0 Å². The van der Waals surface area contributed by atoms with Gasteiger partial charge in [-0.3, -0.25) is 0 Å². The fourth-order valence-corrected chi connectivity index (χ4v) is 1.77. The van der Waals surface area contributed by atoms with Crippen molar-refractivity contribution in [2.75, 3.05) is 11.9 Å². The van der Waals surface area contributed by atoms with Crippen molar-refractivity contribution in [2.24, 2.45) is 0 Å². The Kier molecular flexibility index (Phi) is 2.17. The van der Waals surface area contributed by atoms with Crippen molar-refractivity contribution >= 4 is 17.3 Å². The van der Waals surface area contributed by atoms with E-state index >= 15 is 0 Å². The number of rotatable bonds is 0. The van der Waals surface area contributed by atoms with Crippen molar-refractivity contribution in [1.29, 1.82) is 0 Å². The van der Waals surface area contributed by atoms with Crippen LogP contribution >= 0.6 is 11.6 Å². The Labute approximate surface area is 77.0 Å². The first-order valence-corrected chi connectivity index (χ1v) is 4.63. The summed E-state index contributed by atoms with van der Waals surface area (Å²) in [5, 5.41) is 3.90. The largest absolute Gasteiger partial charge is 0.382 e. The van der Waals surface area contributed by atoms with Gasteiger partial charge >= 0.3 is 0 Å². The Hall–Kier alpha value is -0.760. The van der Waals surface area contributed by atoms with Gasteiger partial charge in [0.05, 0.1) is 5.69 Å². The molecule has 1 aliphatic heterocycles. The molecule has 64 valence electrons. The molecule has 0 spiro atoms. The lowest BCUT2D eigenvalue weighted by atomic mass is 10.1. The van der Waals surface area contributed by atoms with Crippen molar-refractivity contribution < 1.29 is 0 Å². The van der Waals surface area contributed by atoms with E-state index in [4.69, 9.17) is 11.6 Å². The molecule has 0 saturated carbocycles. The molecule has 3 heteroatoms. The minimum atomic E-state index is 0.606. The highest BCUT2D eigenvalue weighted by atomic mass is 35.5. The number of hydrogen-bond donors (Lipinski definition) is 1. The second kappa shape index (κ2) is 3.31. The van der Waals surface area contributed by atoms with E-state index in [1.807, 2.05) is 6.07 Å². The van der Waals surface area contributed by atoms with E-state index in [9.17, 15) is 0 Å². The molecule has 0 amide bonds. The van der Waals surface area contributed by atoms with Crippen LogP contribution in [0.15, 0.2) is 12.3 Å². The zero-order chi connectivity index (χ0) is 8.39. The summed E-state index contributed by atoms with van der Waals surface area (Å²) in [4.78, 5) is 4.04. The number of nitrogens with one attached hydrogen (secondary N) is 1. The molecule has 1 aromatic rings. The van der Waals surface area contributed by atoms with Crippen molar-refractivity contribution in [3.8, 4) is 0 Å². The van der Waals surface area contributed by atoms with Crippen molar-refractivity contribution in [1.82, 2.24) is 4.98 Å². The Morgan fingerprint density at radius 2 is 2.33 bits per heavy atom. The number of halogens is 1. The van der Waals surface area contributed by atoms with Crippen LogP contribution in [0.25, 0.3) is 0 Å². The third-order valence-corrected chi connectivity index (χ3v) is 2.45. The SMILES string of the molecule is Clc1nccc2c1NCCCC2. The molecule has 1 aliphatic rings. The van der Waals surface area contributed by atoms with E-state index in [-0.39, 0.29) is 0 Å². The second-order valence-corrected chi connectivity index (χ2v) is 3.38. The van der Waals surface area contributed by atoms with E-state index in [0.29, 0.717) is 5.15 Å². The molecule has 12 heavy (non-hydrogen) atoms. The molecule has 0 bridgehead atoms. The maximum atomic E-state index is 5.94. The maximum absolute atomic E-state index is 5.94. The highest BCUT2D eigenvalue weighted by molar-refractivity contribution is 6.32. The van der Waals surface area contributed by atoms with E-state index in [2.05, 4.69) is 10.3 Å². The maximum Gasteiger partial charge on any atom is 0.152 e. The van der Waals surface area contributed by atoms with Gasteiger partial charge in [-0.2, -0.15) is 0 Å². The molecule has 2 rings (SSSR count). The average molecular weight is 183 g/mol. The van der Waals surface area contributed by atoms with Crippen LogP contribution in [-0.2, 0) is 6.42 Å². The molecule has 0 radical (unpaired) electrons. The lowest BCUT2D eigenvalue weighted by Crippen LogP contribution is -2.00. The standard InChI is InChI=1S/C9H11ClN2/c10-9-8-7(4-6-12-9)3-1-2-5-11-8/h4,6,11H,1-3,5H2. The molecule has 0 saturated heterocycles.